The van der Waals surface area contributed by atoms with Crippen LogP contribution in [0.15, 0.2) is 0 Å². The Morgan fingerprint density at radius 1 is 0.500 bits per heavy atom. The molecule has 4 heteroatoms. The zero-order chi connectivity index (χ0) is 11.9. The molecule has 0 aromatic heterocycles. The summed E-state index contributed by atoms with van der Waals surface area (Å²) >= 11 is 0. The van der Waals surface area contributed by atoms with Crippen LogP contribution in [-0.4, -0.2) is 39.3 Å². The van der Waals surface area contributed by atoms with Crippen molar-refractivity contribution < 1.29 is 0 Å². The van der Waals surface area contributed by atoms with Crippen LogP contribution in [0.25, 0.3) is 0 Å². The van der Waals surface area contributed by atoms with E-state index in [4.69, 9.17) is 11.5 Å². The van der Waals surface area contributed by atoms with Gasteiger partial charge in [-0.15, -0.1) is 0 Å². The summed E-state index contributed by atoms with van der Waals surface area (Å²) in [5.74, 6) is 0. The van der Waals surface area contributed by atoms with E-state index in [0.717, 1.165) is 39.3 Å². The maximum atomic E-state index is 5.38. The molecule has 98 valence electrons. The van der Waals surface area contributed by atoms with Gasteiger partial charge in [0, 0.05) is 26.2 Å². The molecular formula is C12H30N4. The average molecular weight is 230 g/mol. The fraction of sp³-hybridized carbons (Fsp3) is 1.00. The van der Waals surface area contributed by atoms with Crippen LogP contribution in [0.3, 0.4) is 0 Å². The average Bonchev–Trinajstić information content (AvgIpc) is 2.31. The van der Waals surface area contributed by atoms with E-state index in [-0.39, 0.29) is 0 Å². The van der Waals surface area contributed by atoms with Crippen molar-refractivity contribution in [2.75, 3.05) is 39.3 Å². The molecule has 0 rings (SSSR count). The van der Waals surface area contributed by atoms with Crippen molar-refractivity contribution in [1.29, 1.82) is 0 Å². The Labute approximate surface area is 101 Å². The van der Waals surface area contributed by atoms with Gasteiger partial charge in [-0.25, -0.2) is 0 Å². The van der Waals surface area contributed by atoms with Crippen molar-refractivity contribution in [3.05, 3.63) is 0 Å². The minimum absolute atomic E-state index is 0.746. The summed E-state index contributed by atoms with van der Waals surface area (Å²) in [6.07, 6.45) is 7.97. The Morgan fingerprint density at radius 3 is 1.25 bits per heavy atom. The van der Waals surface area contributed by atoms with Gasteiger partial charge in [0.1, 0.15) is 0 Å². The third kappa shape index (κ3) is 13.8. The number of hydrogen-bond donors (Lipinski definition) is 4. The SMILES string of the molecule is NCCNCCCCCCCCNCCN. The Bertz CT molecular complexity index is 106. The lowest BCUT2D eigenvalue weighted by molar-refractivity contribution is 0.553. The van der Waals surface area contributed by atoms with Crippen molar-refractivity contribution >= 4 is 0 Å². The molecule has 0 heterocycles. The van der Waals surface area contributed by atoms with Gasteiger partial charge in [0.25, 0.3) is 0 Å². The molecule has 0 saturated carbocycles. The van der Waals surface area contributed by atoms with E-state index in [1.807, 2.05) is 0 Å². The van der Waals surface area contributed by atoms with Gasteiger partial charge in [-0.2, -0.15) is 0 Å². The van der Waals surface area contributed by atoms with E-state index in [9.17, 15) is 0 Å². The Kier molecular flexibility index (Phi) is 14.7. The van der Waals surface area contributed by atoms with Crippen LogP contribution in [0.5, 0.6) is 0 Å². The molecule has 6 N–H and O–H groups in total. The number of nitrogens with one attached hydrogen (secondary N) is 2. The lowest BCUT2D eigenvalue weighted by atomic mass is 10.1. The van der Waals surface area contributed by atoms with Gasteiger partial charge in [-0.1, -0.05) is 25.7 Å². The molecule has 4 nitrogen and oxygen atoms in total. The second kappa shape index (κ2) is 14.8. The predicted molar refractivity (Wildman–Crippen MR) is 71.6 cm³/mol. The summed E-state index contributed by atoms with van der Waals surface area (Å²) in [4.78, 5) is 0. The fourth-order valence-electron chi connectivity index (χ4n) is 1.66. The van der Waals surface area contributed by atoms with E-state index >= 15 is 0 Å². The zero-order valence-electron chi connectivity index (χ0n) is 10.6. The van der Waals surface area contributed by atoms with Gasteiger partial charge in [0.15, 0.2) is 0 Å². The molecule has 0 bridgehead atoms. The number of hydrogen-bond acceptors (Lipinski definition) is 4. The summed E-state index contributed by atoms with van der Waals surface area (Å²) in [5, 5.41) is 6.63. The van der Waals surface area contributed by atoms with E-state index in [1.54, 1.807) is 0 Å². The highest BCUT2D eigenvalue weighted by molar-refractivity contribution is 4.52. The molecule has 0 amide bonds. The molecular weight excluding hydrogens is 200 g/mol. The van der Waals surface area contributed by atoms with E-state index < -0.39 is 0 Å². The molecule has 0 spiro atoms. The van der Waals surface area contributed by atoms with Crippen molar-refractivity contribution in [2.45, 2.75) is 38.5 Å². The quantitative estimate of drug-likeness (QED) is 0.346. The maximum absolute atomic E-state index is 5.38. The monoisotopic (exact) mass is 230 g/mol. The fourth-order valence-corrected chi connectivity index (χ4v) is 1.66. The van der Waals surface area contributed by atoms with Crippen molar-refractivity contribution in [3.63, 3.8) is 0 Å². The highest BCUT2D eigenvalue weighted by atomic mass is 14.9. The number of unbranched alkanes of at least 4 members (excludes halogenated alkanes) is 5. The van der Waals surface area contributed by atoms with Crippen LogP contribution >= 0.6 is 0 Å². The first-order valence-electron chi connectivity index (χ1n) is 6.73. The first kappa shape index (κ1) is 15.8. The topological polar surface area (TPSA) is 76.1 Å². The van der Waals surface area contributed by atoms with Crippen molar-refractivity contribution in [3.8, 4) is 0 Å². The van der Waals surface area contributed by atoms with Gasteiger partial charge in [0.05, 0.1) is 0 Å². The molecule has 0 aromatic carbocycles. The summed E-state index contributed by atoms with van der Waals surface area (Å²) in [6.45, 7) is 5.63. The molecule has 0 aliphatic heterocycles. The lowest BCUT2D eigenvalue weighted by Crippen LogP contribution is -2.23. The normalized spacial score (nSPS) is 10.9. The summed E-state index contributed by atoms with van der Waals surface area (Å²) in [7, 11) is 0. The zero-order valence-corrected chi connectivity index (χ0v) is 10.6. The van der Waals surface area contributed by atoms with Crippen LogP contribution in [0.1, 0.15) is 38.5 Å². The van der Waals surface area contributed by atoms with E-state index in [1.165, 1.54) is 38.5 Å². The second-order valence-corrected chi connectivity index (χ2v) is 4.20. The maximum Gasteiger partial charge on any atom is 0.00745 e. The summed E-state index contributed by atoms with van der Waals surface area (Å²) < 4.78 is 0. The van der Waals surface area contributed by atoms with Crippen LogP contribution in [0, 0.1) is 0 Å². The standard InChI is InChI=1S/C12H30N4/c13-7-11-15-9-5-3-1-2-4-6-10-16-12-8-14/h15-16H,1-14H2. The van der Waals surface area contributed by atoms with Gasteiger partial charge in [-0.05, 0) is 25.9 Å². The third-order valence-electron chi connectivity index (χ3n) is 2.60. The van der Waals surface area contributed by atoms with Crippen molar-refractivity contribution in [1.82, 2.24) is 10.6 Å². The molecule has 0 aromatic rings. The highest BCUT2D eigenvalue weighted by Crippen LogP contribution is 2.04. The van der Waals surface area contributed by atoms with Gasteiger partial charge >= 0.3 is 0 Å². The highest BCUT2D eigenvalue weighted by Gasteiger charge is 1.91. The molecule has 0 radical (unpaired) electrons. The second-order valence-electron chi connectivity index (χ2n) is 4.20. The Hall–Kier alpha value is -0.160. The molecule has 0 aliphatic rings. The van der Waals surface area contributed by atoms with Crippen molar-refractivity contribution in [2.24, 2.45) is 11.5 Å². The van der Waals surface area contributed by atoms with Crippen LogP contribution in [0.4, 0.5) is 0 Å². The molecule has 0 fully saturated rings. The number of rotatable bonds is 13. The molecule has 0 unspecified atom stereocenters. The Morgan fingerprint density at radius 2 is 0.875 bits per heavy atom. The summed E-state index contributed by atoms with van der Waals surface area (Å²) in [6, 6.07) is 0. The van der Waals surface area contributed by atoms with E-state index in [2.05, 4.69) is 10.6 Å². The first-order chi connectivity index (χ1) is 7.91. The predicted octanol–water partition coefficient (Wildman–Crippen LogP) is 0.424. The van der Waals surface area contributed by atoms with Gasteiger partial charge in [0.2, 0.25) is 0 Å². The third-order valence-corrected chi connectivity index (χ3v) is 2.60. The largest absolute Gasteiger partial charge is 0.329 e. The van der Waals surface area contributed by atoms with Gasteiger partial charge in [-0.3, -0.25) is 0 Å². The lowest BCUT2D eigenvalue weighted by Gasteiger charge is -2.04. The minimum Gasteiger partial charge on any atom is -0.329 e. The Balaban J connectivity index is 2.83. The van der Waals surface area contributed by atoms with Crippen LogP contribution in [-0.2, 0) is 0 Å². The number of nitrogens with two attached hydrogens (primary N) is 2. The first-order valence-corrected chi connectivity index (χ1v) is 6.73. The van der Waals surface area contributed by atoms with E-state index in [0.29, 0.717) is 0 Å². The molecule has 0 aliphatic carbocycles. The molecule has 0 atom stereocenters. The molecule has 0 saturated heterocycles. The molecule has 16 heavy (non-hydrogen) atoms. The van der Waals surface area contributed by atoms with Crippen LogP contribution < -0.4 is 22.1 Å². The summed E-state index contributed by atoms with van der Waals surface area (Å²) in [5.41, 5.74) is 10.8. The minimum atomic E-state index is 0.746. The van der Waals surface area contributed by atoms with Gasteiger partial charge < -0.3 is 22.1 Å². The smallest absolute Gasteiger partial charge is 0.00745 e. The van der Waals surface area contributed by atoms with Crippen LogP contribution in [0.2, 0.25) is 0 Å².